The van der Waals surface area contributed by atoms with Crippen molar-refractivity contribution in [3.8, 4) is 0 Å². The van der Waals surface area contributed by atoms with Crippen molar-refractivity contribution in [2.75, 3.05) is 0 Å². The fraction of sp³-hybridized carbons (Fsp3) is 0.118. The molecule has 0 aromatic heterocycles. The topological polar surface area (TPSA) is 0 Å². The molecular formula is C34H32Br2SiZr. The van der Waals surface area contributed by atoms with E-state index < -0.39 is 0 Å². The van der Waals surface area contributed by atoms with Crippen LogP contribution in [0.4, 0.5) is 0 Å². The Hall–Kier alpha value is -1.84. The van der Waals surface area contributed by atoms with Crippen LogP contribution in [0.15, 0.2) is 130 Å². The van der Waals surface area contributed by atoms with Crippen LogP contribution in [0.5, 0.6) is 0 Å². The van der Waals surface area contributed by atoms with Gasteiger partial charge in [-0.2, -0.15) is 84.9 Å². The molecule has 0 spiro atoms. The first kappa shape index (κ1) is 34.2. The third-order valence-corrected chi connectivity index (χ3v) is 6.28. The van der Waals surface area contributed by atoms with Gasteiger partial charge in [0.2, 0.25) is 0 Å². The average molecular weight is 720 g/mol. The number of hydrogen-bond acceptors (Lipinski definition) is 0. The fourth-order valence-corrected chi connectivity index (χ4v) is 4.37. The van der Waals surface area contributed by atoms with E-state index in [1.165, 1.54) is 41.6 Å². The van der Waals surface area contributed by atoms with Crippen LogP contribution in [0, 0.1) is 26.0 Å². The van der Waals surface area contributed by atoms with Crippen molar-refractivity contribution in [3.05, 3.63) is 154 Å². The van der Waals surface area contributed by atoms with Crippen molar-refractivity contribution in [2.45, 2.75) is 26.9 Å². The molecule has 0 bridgehead atoms. The average Bonchev–Trinajstić information content (AvgIpc) is 3.51. The Morgan fingerprint density at radius 1 is 0.579 bits per heavy atom. The maximum absolute atomic E-state index is 3.51. The van der Waals surface area contributed by atoms with Crippen LogP contribution in [0.25, 0.3) is 21.5 Å². The molecule has 0 aliphatic heterocycles. The van der Waals surface area contributed by atoms with E-state index in [-0.39, 0.29) is 26.2 Å². The summed E-state index contributed by atoms with van der Waals surface area (Å²) in [7, 11) is 1.08. The SMILES string of the molecule is C[Si]C.Cc1cc2c(Br)cccc2[cH-]1.Cc1cc2c(Br)cccc2[cH-]1.[Zr+4].[c-]1ccccc1.[c-]1ccccc1. The Morgan fingerprint density at radius 2 is 0.921 bits per heavy atom. The Bertz CT molecular complexity index is 1240. The summed E-state index contributed by atoms with van der Waals surface area (Å²) in [5.41, 5.74) is 2.65. The minimum Gasteiger partial charge on any atom is -0.184 e. The summed E-state index contributed by atoms with van der Waals surface area (Å²) in [6.07, 6.45) is 0. The van der Waals surface area contributed by atoms with E-state index in [0.29, 0.717) is 0 Å². The molecule has 0 atom stereocenters. The Labute approximate surface area is 267 Å². The van der Waals surface area contributed by atoms with Gasteiger partial charge in [0.25, 0.3) is 0 Å². The molecule has 0 fully saturated rings. The van der Waals surface area contributed by atoms with Crippen LogP contribution in [0.2, 0.25) is 13.1 Å². The Kier molecular flexibility index (Phi) is 18.1. The molecule has 0 saturated heterocycles. The summed E-state index contributed by atoms with van der Waals surface area (Å²) in [6, 6.07) is 46.3. The summed E-state index contributed by atoms with van der Waals surface area (Å²) in [5.74, 6) is 0. The number of rotatable bonds is 0. The number of hydrogen-bond donors (Lipinski definition) is 0. The molecule has 0 N–H and O–H groups in total. The van der Waals surface area contributed by atoms with Gasteiger partial charge in [0.1, 0.15) is 0 Å². The van der Waals surface area contributed by atoms with Gasteiger partial charge in [0, 0.05) is 9.52 Å². The van der Waals surface area contributed by atoms with Crippen LogP contribution in [-0.2, 0) is 26.2 Å². The molecule has 0 heterocycles. The molecule has 0 aliphatic carbocycles. The van der Waals surface area contributed by atoms with E-state index in [1.54, 1.807) is 0 Å². The maximum Gasteiger partial charge on any atom is 4.00 e. The number of fused-ring (bicyclic) bond motifs is 2. The van der Waals surface area contributed by atoms with E-state index in [9.17, 15) is 0 Å². The molecule has 38 heavy (non-hydrogen) atoms. The van der Waals surface area contributed by atoms with Crippen molar-refractivity contribution in [3.63, 3.8) is 0 Å². The summed E-state index contributed by atoms with van der Waals surface area (Å²) in [4.78, 5) is 0. The molecule has 190 valence electrons. The van der Waals surface area contributed by atoms with Crippen molar-refractivity contribution < 1.29 is 26.2 Å². The third-order valence-electron chi connectivity index (χ3n) is 4.90. The second-order valence-electron chi connectivity index (χ2n) is 8.21. The first-order valence-corrected chi connectivity index (χ1v) is 15.6. The zero-order valence-corrected chi connectivity index (χ0v) is 28.9. The standard InChI is InChI=1S/2C10H8Br.2C6H5.C2H6Si.Zr/c2*1-7-5-8-3-2-4-10(11)9(8)6-7;2*1-2-4-6-5-3-1;1-3-2;/h2*2-6H,1H3;2*1-5H;1-2H3;/q4*-1;;+4. The molecule has 6 aromatic carbocycles. The van der Waals surface area contributed by atoms with E-state index in [4.69, 9.17) is 0 Å². The summed E-state index contributed by atoms with van der Waals surface area (Å²) in [6.45, 7) is 8.54. The molecule has 0 unspecified atom stereocenters. The molecule has 0 aliphatic rings. The van der Waals surface area contributed by atoms with Gasteiger partial charge in [-0.1, -0.05) is 70.9 Å². The second kappa shape index (κ2) is 20.1. The van der Waals surface area contributed by atoms with Crippen LogP contribution in [0.3, 0.4) is 0 Å². The molecule has 6 rings (SSSR count). The third kappa shape index (κ3) is 12.8. The number of benzene rings is 4. The molecular weight excluding hydrogens is 687 g/mol. The first-order valence-electron chi connectivity index (χ1n) is 12.0. The van der Waals surface area contributed by atoms with E-state index >= 15 is 0 Å². The maximum atomic E-state index is 3.51. The van der Waals surface area contributed by atoms with Gasteiger partial charge in [-0.05, 0) is 8.95 Å². The van der Waals surface area contributed by atoms with Gasteiger partial charge < -0.3 is 0 Å². The summed E-state index contributed by atoms with van der Waals surface area (Å²) < 4.78 is 2.37. The van der Waals surface area contributed by atoms with Crippen molar-refractivity contribution >= 4 is 62.9 Å². The largest absolute Gasteiger partial charge is 4.00 e. The van der Waals surface area contributed by atoms with Crippen LogP contribution in [-0.4, -0.2) is 9.52 Å². The normalized spacial score (nSPS) is 9.21. The van der Waals surface area contributed by atoms with E-state index in [1.807, 2.05) is 60.7 Å². The van der Waals surface area contributed by atoms with Crippen LogP contribution >= 0.6 is 31.9 Å². The van der Waals surface area contributed by atoms with Gasteiger partial charge in [-0.3, -0.25) is 0 Å². The second-order valence-corrected chi connectivity index (χ2v) is 10.9. The van der Waals surface area contributed by atoms with Gasteiger partial charge >= 0.3 is 26.2 Å². The zero-order chi connectivity index (χ0) is 26.9. The minimum absolute atomic E-state index is 0. The molecule has 0 amide bonds. The van der Waals surface area contributed by atoms with E-state index in [0.717, 1.165) is 9.52 Å². The Morgan fingerprint density at radius 3 is 1.16 bits per heavy atom. The number of aryl methyl sites for hydroxylation is 2. The van der Waals surface area contributed by atoms with Gasteiger partial charge in [-0.25, -0.2) is 0 Å². The molecule has 0 saturated carbocycles. The van der Waals surface area contributed by atoms with Crippen molar-refractivity contribution in [2.24, 2.45) is 0 Å². The monoisotopic (exact) mass is 716 g/mol. The quantitative estimate of drug-likeness (QED) is 0.108. The molecule has 6 aromatic rings. The summed E-state index contributed by atoms with van der Waals surface area (Å²) in [5, 5.41) is 5.25. The fourth-order valence-electron chi connectivity index (χ4n) is 3.38. The minimum atomic E-state index is 0. The molecule has 2 radical (unpaired) electrons. The predicted octanol–water partition coefficient (Wildman–Crippen LogP) is 11.0. The van der Waals surface area contributed by atoms with Crippen LogP contribution in [0.1, 0.15) is 11.1 Å². The van der Waals surface area contributed by atoms with Gasteiger partial charge in [-0.15, -0.1) is 69.1 Å². The number of halogens is 2. The van der Waals surface area contributed by atoms with Gasteiger partial charge in [0.05, 0.1) is 0 Å². The van der Waals surface area contributed by atoms with Crippen LogP contribution < -0.4 is 0 Å². The zero-order valence-electron chi connectivity index (χ0n) is 22.3. The van der Waals surface area contributed by atoms with Crippen molar-refractivity contribution in [1.29, 1.82) is 0 Å². The predicted molar refractivity (Wildman–Crippen MR) is 172 cm³/mol. The molecule has 4 heteroatoms. The van der Waals surface area contributed by atoms with Gasteiger partial charge in [0.15, 0.2) is 0 Å². The first-order chi connectivity index (χ1) is 18.0. The van der Waals surface area contributed by atoms with E-state index in [2.05, 4.69) is 132 Å². The smallest absolute Gasteiger partial charge is 0.184 e. The Balaban J connectivity index is 0.000000251. The molecule has 0 nitrogen and oxygen atoms in total. The van der Waals surface area contributed by atoms with Crippen molar-refractivity contribution in [1.82, 2.24) is 0 Å². The summed E-state index contributed by atoms with van der Waals surface area (Å²) >= 11 is 7.02.